The minimum Gasteiger partial charge on any atom is -0.370 e. The van der Waals surface area contributed by atoms with Crippen molar-refractivity contribution in [1.29, 1.82) is 0 Å². The molecular weight excluding hydrogens is 344 g/mol. The molecule has 0 radical (unpaired) electrons. The molecule has 0 aliphatic carbocycles. The number of hydrogen-bond donors (Lipinski definition) is 1. The summed E-state index contributed by atoms with van der Waals surface area (Å²) in [5, 5.41) is 14.8. The van der Waals surface area contributed by atoms with Gasteiger partial charge in [-0.1, -0.05) is 23.7 Å². The fraction of sp³-hybridized carbons (Fsp3) is 0.500. The molecule has 1 aromatic carbocycles. The van der Waals surface area contributed by atoms with Crippen molar-refractivity contribution in [3.8, 4) is 0 Å². The van der Waals surface area contributed by atoms with E-state index in [9.17, 15) is 4.79 Å². The van der Waals surface area contributed by atoms with Crippen LogP contribution in [0.1, 0.15) is 24.4 Å². The van der Waals surface area contributed by atoms with Crippen molar-refractivity contribution < 1.29 is 9.53 Å². The first kappa shape index (κ1) is 17.6. The summed E-state index contributed by atoms with van der Waals surface area (Å²) in [6, 6.07) is 7.36. The Balaban J connectivity index is 1.59. The number of halogens is 1. The Kier molecular flexibility index (Phi) is 5.50. The van der Waals surface area contributed by atoms with Crippen molar-refractivity contribution in [2.75, 3.05) is 19.7 Å². The number of carbonyl (C=O) groups excluding carboxylic acids is 1. The number of hydrogen-bond acceptors (Lipinski definition) is 5. The second-order valence-electron chi connectivity index (χ2n) is 5.98. The van der Waals surface area contributed by atoms with Crippen LogP contribution in [0.25, 0.3) is 0 Å². The van der Waals surface area contributed by atoms with E-state index in [1.165, 1.54) is 0 Å². The minimum atomic E-state index is -0.193. The molecule has 9 heteroatoms. The lowest BCUT2D eigenvalue weighted by atomic mass is 10.0. The number of carbonyl (C=O) groups is 1. The number of aromatic nitrogens is 4. The molecular formula is C16H21ClN6O2. The monoisotopic (exact) mass is 364 g/mol. The first-order chi connectivity index (χ1) is 12.1. The number of benzene rings is 1. The molecule has 3 rings (SSSR count). The van der Waals surface area contributed by atoms with Crippen LogP contribution in [0, 0.1) is 0 Å². The summed E-state index contributed by atoms with van der Waals surface area (Å²) in [6.07, 6.45) is 0.382. The van der Waals surface area contributed by atoms with E-state index in [1.807, 2.05) is 31.2 Å². The van der Waals surface area contributed by atoms with Gasteiger partial charge < -0.3 is 15.0 Å². The van der Waals surface area contributed by atoms with Crippen LogP contribution in [-0.4, -0.2) is 56.9 Å². The van der Waals surface area contributed by atoms with Gasteiger partial charge in [-0.2, -0.15) is 0 Å². The van der Waals surface area contributed by atoms with E-state index in [1.54, 1.807) is 16.6 Å². The molecule has 1 fully saturated rings. The van der Waals surface area contributed by atoms with Crippen LogP contribution >= 0.6 is 11.6 Å². The van der Waals surface area contributed by atoms with Crippen LogP contribution in [0.2, 0.25) is 5.02 Å². The van der Waals surface area contributed by atoms with E-state index in [2.05, 4.69) is 20.8 Å². The van der Waals surface area contributed by atoms with Crippen molar-refractivity contribution in [1.82, 2.24) is 30.4 Å². The van der Waals surface area contributed by atoms with Gasteiger partial charge in [-0.05, 0) is 35.0 Å². The molecule has 0 saturated carbocycles. The van der Waals surface area contributed by atoms with Gasteiger partial charge in [0.05, 0.1) is 12.6 Å². The number of morpholine rings is 1. The van der Waals surface area contributed by atoms with E-state index in [0.29, 0.717) is 31.1 Å². The number of aryl methyl sites for hydroxylation is 1. The van der Waals surface area contributed by atoms with E-state index in [-0.39, 0.29) is 18.2 Å². The Morgan fingerprint density at radius 1 is 1.48 bits per heavy atom. The van der Waals surface area contributed by atoms with Crippen LogP contribution < -0.4 is 5.32 Å². The third-order valence-corrected chi connectivity index (χ3v) is 4.57. The second-order valence-corrected chi connectivity index (χ2v) is 6.42. The Morgan fingerprint density at radius 2 is 2.32 bits per heavy atom. The van der Waals surface area contributed by atoms with Gasteiger partial charge in [-0.25, -0.2) is 9.48 Å². The van der Waals surface area contributed by atoms with Crippen LogP contribution in [0.5, 0.6) is 0 Å². The predicted molar refractivity (Wildman–Crippen MR) is 92.2 cm³/mol. The first-order valence-electron chi connectivity index (χ1n) is 8.19. The molecule has 0 spiro atoms. The van der Waals surface area contributed by atoms with E-state index in [4.69, 9.17) is 16.3 Å². The molecule has 8 nitrogen and oxygen atoms in total. The average molecular weight is 365 g/mol. The van der Waals surface area contributed by atoms with Gasteiger partial charge in [-0.15, -0.1) is 5.10 Å². The number of tetrazole rings is 1. The number of amides is 2. The summed E-state index contributed by atoms with van der Waals surface area (Å²) in [6.45, 7) is 3.49. The lowest BCUT2D eigenvalue weighted by Crippen LogP contribution is -2.52. The highest BCUT2D eigenvalue weighted by Crippen LogP contribution is 2.29. The minimum absolute atomic E-state index is 0.0938. The third kappa shape index (κ3) is 4.08. The topological polar surface area (TPSA) is 85.2 Å². The quantitative estimate of drug-likeness (QED) is 0.890. The van der Waals surface area contributed by atoms with Crippen molar-refractivity contribution in [2.45, 2.75) is 25.5 Å². The molecule has 0 bridgehead atoms. The van der Waals surface area contributed by atoms with Gasteiger partial charge in [0.2, 0.25) is 0 Å². The van der Waals surface area contributed by atoms with Crippen LogP contribution in [-0.2, 0) is 18.2 Å². The lowest BCUT2D eigenvalue weighted by Gasteiger charge is -2.39. The Labute approximate surface area is 151 Å². The molecule has 1 aromatic heterocycles. The smallest absolute Gasteiger partial charge is 0.317 e. The van der Waals surface area contributed by atoms with Crippen molar-refractivity contribution in [3.05, 3.63) is 40.7 Å². The zero-order valence-electron chi connectivity index (χ0n) is 14.2. The maximum absolute atomic E-state index is 12.5. The highest BCUT2D eigenvalue weighted by atomic mass is 35.5. The van der Waals surface area contributed by atoms with Gasteiger partial charge in [0.15, 0.2) is 5.82 Å². The largest absolute Gasteiger partial charge is 0.370 e. The fourth-order valence-corrected chi connectivity index (χ4v) is 3.17. The lowest BCUT2D eigenvalue weighted by molar-refractivity contribution is -0.0497. The summed E-state index contributed by atoms with van der Waals surface area (Å²) < 4.78 is 7.48. The Hall–Kier alpha value is -2.19. The number of ether oxygens (including phenoxy) is 1. The zero-order chi connectivity index (χ0) is 17.8. The summed E-state index contributed by atoms with van der Waals surface area (Å²) in [7, 11) is 1.77. The number of nitrogens with zero attached hydrogens (tertiary/aromatic N) is 5. The summed E-state index contributed by atoms with van der Waals surface area (Å²) in [5.41, 5.74) is 0.975. The van der Waals surface area contributed by atoms with E-state index in [0.717, 1.165) is 11.4 Å². The van der Waals surface area contributed by atoms with E-state index < -0.39 is 0 Å². The normalized spacial score (nSPS) is 20.5. The maximum atomic E-state index is 12.5. The fourth-order valence-electron chi connectivity index (χ4n) is 2.97. The Bertz CT molecular complexity index is 737. The molecule has 1 N–H and O–H groups in total. The zero-order valence-corrected chi connectivity index (χ0v) is 15.0. The SMILES string of the molecule is C[C@@H]1[C@@H](c2cccc(Cl)c2)OCCN1C(=O)NCCc1nnnn1C. The standard InChI is InChI=1S/C16H21ClN6O2/c1-11-15(12-4-3-5-13(17)10-12)25-9-8-23(11)16(24)18-7-6-14-19-20-21-22(14)2/h3-5,10-11,15H,6-9H2,1-2H3,(H,18,24)/t11-,15+/m1/s1. The molecule has 1 aliphatic rings. The maximum Gasteiger partial charge on any atom is 0.317 e. The van der Waals surface area contributed by atoms with Crippen molar-refractivity contribution >= 4 is 17.6 Å². The van der Waals surface area contributed by atoms with Gasteiger partial charge >= 0.3 is 6.03 Å². The molecule has 134 valence electrons. The summed E-state index contributed by atoms with van der Waals surface area (Å²) in [4.78, 5) is 14.3. The molecule has 2 atom stereocenters. The van der Waals surface area contributed by atoms with Crippen molar-refractivity contribution in [3.63, 3.8) is 0 Å². The summed E-state index contributed by atoms with van der Waals surface area (Å²) >= 11 is 6.07. The predicted octanol–water partition coefficient (Wildman–Crippen LogP) is 1.58. The Morgan fingerprint density at radius 3 is 3.04 bits per heavy atom. The summed E-state index contributed by atoms with van der Waals surface area (Å²) in [5.74, 6) is 0.729. The highest BCUT2D eigenvalue weighted by Gasteiger charge is 2.32. The van der Waals surface area contributed by atoms with Gasteiger partial charge in [-0.3, -0.25) is 0 Å². The number of rotatable bonds is 4. The van der Waals surface area contributed by atoms with Gasteiger partial charge in [0.1, 0.15) is 6.10 Å². The molecule has 0 unspecified atom stereocenters. The molecule has 2 amide bonds. The average Bonchev–Trinajstić information content (AvgIpc) is 3.00. The molecule has 25 heavy (non-hydrogen) atoms. The number of urea groups is 1. The molecule has 1 saturated heterocycles. The molecule has 1 aliphatic heterocycles. The van der Waals surface area contributed by atoms with E-state index >= 15 is 0 Å². The van der Waals surface area contributed by atoms with Crippen LogP contribution in [0.15, 0.2) is 24.3 Å². The highest BCUT2D eigenvalue weighted by molar-refractivity contribution is 6.30. The van der Waals surface area contributed by atoms with Crippen LogP contribution in [0.4, 0.5) is 4.79 Å². The van der Waals surface area contributed by atoms with Gasteiger partial charge in [0, 0.05) is 31.6 Å². The van der Waals surface area contributed by atoms with Crippen molar-refractivity contribution in [2.24, 2.45) is 7.05 Å². The third-order valence-electron chi connectivity index (χ3n) is 4.33. The molecule has 2 aromatic rings. The second kappa shape index (κ2) is 7.79. The first-order valence-corrected chi connectivity index (χ1v) is 8.57. The number of nitrogens with one attached hydrogen (secondary N) is 1. The van der Waals surface area contributed by atoms with Crippen LogP contribution in [0.3, 0.4) is 0 Å². The molecule has 2 heterocycles. The van der Waals surface area contributed by atoms with Gasteiger partial charge in [0.25, 0.3) is 0 Å².